The van der Waals surface area contributed by atoms with E-state index in [1.807, 2.05) is 6.07 Å². The number of rotatable bonds is 6. The van der Waals surface area contributed by atoms with Crippen molar-refractivity contribution in [3.8, 4) is 17.0 Å². The predicted molar refractivity (Wildman–Crippen MR) is 126 cm³/mol. The Morgan fingerprint density at radius 2 is 1.76 bits per heavy atom. The summed E-state index contributed by atoms with van der Waals surface area (Å²) in [6.45, 7) is 0.242. The van der Waals surface area contributed by atoms with Gasteiger partial charge in [0, 0.05) is 29.6 Å². The molecule has 8 heteroatoms. The summed E-state index contributed by atoms with van der Waals surface area (Å²) in [5.41, 5.74) is 3.09. The third-order valence-corrected chi connectivity index (χ3v) is 6.55. The smallest absolute Gasteiger partial charge is 0.342 e. The molecule has 1 heterocycles. The van der Waals surface area contributed by atoms with Gasteiger partial charge in [-0.15, -0.1) is 0 Å². The minimum Gasteiger partial charge on any atom is -0.507 e. The lowest BCUT2D eigenvalue weighted by Crippen LogP contribution is -2.30. The van der Waals surface area contributed by atoms with E-state index in [1.54, 1.807) is 24.3 Å². The van der Waals surface area contributed by atoms with Crippen LogP contribution in [0.4, 0.5) is 14.9 Å². The van der Waals surface area contributed by atoms with E-state index in [2.05, 4.69) is 15.7 Å². The van der Waals surface area contributed by atoms with Crippen molar-refractivity contribution in [2.75, 3.05) is 5.32 Å². The predicted octanol–water partition coefficient (Wildman–Crippen LogP) is 5.16. The van der Waals surface area contributed by atoms with E-state index in [0.717, 1.165) is 49.8 Å². The van der Waals surface area contributed by atoms with E-state index in [0.29, 0.717) is 16.9 Å². The number of hydrogen-bond acceptors (Lipinski definition) is 4. The molecule has 0 aliphatic heterocycles. The van der Waals surface area contributed by atoms with E-state index >= 15 is 0 Å². The van der Waals surface area contributed by atoms with Crippen LogP contribution < -0.4 is 10.6 Å². The Kier molecular flexibility index (Phi) is 6.04. The molecule has 0 bridgehead atoms. The van der Waals surface area contributed by atoms with Crippen LogP contribution >= 0.6 is 0 Å². The highest BCUT2D eigenvalue weighted by atomic mass is 19.1. The van der Waals surface area contributed by atoms with E-state index in [1.165, 1.54) is 22.9 Å². The van der Waals surface area contributed by atoms with Crippen molar-refractivity contribution < 1.29 is 19.1 Å². The minimum absolute atomic E-state index is 0.0195. The summed E-state index contributed by atoms with van der Waals surface area (Å²) >= 11 is 0. The number of carbonyl (C=O) groups excluding carboxylic acids is 2. The van der Waals surface area contributed by atoms with E-state index < -0.39 is 0 Å². The summed E-state index contributed by atoms with van der Waals surface area (Å²) in [5, 5.41) is 20.8. The van der Waals surface area contributed by atoms with Gasteiger partial charge in [0.2, 0.25) is 5.91 Å². The fraction of sp³-hybridized carbons (Fsp3) is 0.346. The van der Waals surface area contributed by atoms with Gasteiger partial charge in [0.05, 0.1) is 11.4 Å². The fourth-order valence-electron chi connectivity index (χ4n) is 4.47. The molecule has 2 amide bonds. The third-order valence-electron chi connectivity index (χ3n) is 6.55. The molecule has 2 aromatic carbocycles. The average molecular weight is 463 g/mol. The summed E-state index contributed by atoms with van der Waals surface area (Å²) in [6.07, 6.45) is 5.93. The number of nitrogens with zero attached hydrogens (tertiary/aromatic N) is 2. The molecule has 0 spiro atoms. The fourth-order valence-corrected chi connectivity index (χ4v) is 4.47. The Morgan fingerprint density at radius 1 is 1.03 bits per heavy atom. The minimum atomic E-state index is -0.379. The second-order valence-corrected chi connectivity index (χ2v) is 9.13. The molecule has 2 aliphatic carbocycles. The maximum Gasteiger partial charge on any atom is 0.342 e. The topological polar surface area (TPSA) is 96.2 Å². The number of benzene rings is 2. The van der Waals surface area contributed by atoms with Gasteiger partial charge >= 0.3 is 6.03 Å². The molecule has 5 rings (SSSR count). The first-order valence-corrected chi connectivity index (χ1v) is 11.7. The van der Waals surface area contributed by atoms with Crippen LogP contribution in [0.5, 0.6) is 5.75 Å². The summed E-state index contributed by atoms with van der Waals surface area (Å²) in [6, 6.07) is 12.3. The molecule has 176 valence electrons. The number of carbonyl (C=O) groups is 2. The molecular formula is C26H27FN4O3. The lowest BCUT2D eigenvalue weighted by Gasteiger charge is -2.12. The number of amides is 2. The van der Waals surface area contributed by atoms with Crippen LogP contribution in [0, 0.1) is 11.7 Å². The number of nitrogens with one attached hydrogen (secondary N) is 2. The van der Waals surface area contributed by atoms with Gasteiger partial charge in [-0.2, -0.15) is 9.78 Å². The van der Waals surface area contributed by atoms with Gasteiger partial charge in [0.15, 0.2) is 0 Å². The molecule has 3 N–H and O–H groups in total. The molecule has 0 radical (unpaired) electrons. The first kappa shape index (κ1) is 22.1. The van der Waals surface area contributed by atoms with E-state index in [4.69, 9.17) is 0 Å². The molecule has 0 saturated heterocycles. The van der Waals surface area contributed by atoms with E-state index in [9.17, 15) is 19.1 Å². The Balaban J connectivity index is 1.42. The largest absolute Gasteiger partial charge is 0.507 e. The number of phenols is 1. The van der Waals surface area contributed by atoms with Gasteiger partial charge in [0.25, 0.3) is 0 Å². The summed E-state index contributed by atoms with van der Waals surface area (Å²) in [7, 11) is 0. The van der Waals surface area contributed by atoms with Gasteiger partial charge < -0.3 is 15.7 Å². The van der Waals surface area contributed by atoms with Crippen molar-refractivity contribution in [1.29, 1.82) is 0 Å². The van der Waals surface area contributed by atoms with Crippen LogP contribution in [0.3, 0.4) is 0 Å². The molecule has 0 unspecified atom stereocenters. The molecule has 2 aliphatic rings. The number of aromatic nitrogens is 2. The molecule has 34 heavy (non-hydrogen) atoms. The van der Waals surface area contributed by atoms with Gasteiger partial charge in [-0.25, -0.2) is 9.18 Å². The van der Waals surface area contributed by atoms with Crippen LogP contribution in [-0.4, -0.2) is 26.8 Å². The lowest BCUT2D eigenvalue weighted by molar-refractivity contribution is -0.117. The molecule has 3 aromatic rings. The van der Waals surface area contributed by atoms with Crippen LogP contribution in [0.25, 0.3) is 11.3 Å². The van der Waals surface area contributed by atoms with Crippen molar-refractivity contribution in [3.05, 3.63) is 65.6 Å². The Hall–Kier alpha value is -3.68. The summed E-state index contributed by atoms with van der Waals surface area (Å²) in [4.78, 5) is 25.3. The number of hydrogen-bond donors (Lipinski definition) is 3. The second kappa shape index (κ2) is 9.29. The van der Waals surface area contributed by atoms with Crippen molar-refractivity contribution >= 4 is 17.6 Å². The summed E-state index contributed by atoms with van der Waals surface area (Å²) in [5.74, 6) is -0.0497. The number of phenolic OH excluding ortho intramolecular Hbond substituents is 1. The second-order valence-electron chi connectivity index (χ2n) is 9.13. The third kappa shape index (κ3) is 4.81. The first-order valence-electron chi connectivity index (χ1n) is 11.7. The standard InChI is InChI=1S/C26H27FN4O3/c27-19-9-5-16(6-10-19)15-28-26(34)31-23(17-3-1-2-4-17)14-22(30-31)21-13-20(11-12-24(21)32)29-25(33)18-7-8-18/h5-6,9-14,17-18,32H,1-4,7-8,15H2,(H,28,34)(H,29,33). The molecule has 2 saturated carbocycles. The molecule has 1 aromatic heterocycles. The first-order chi connectivity index (χ1) is 16.5. The SMILES string of the molecule is O=C(Nc1ccc(O)c(-c2cc(C3CCCC3)n(C(=O)NCc3ccc(F)cc3)n2)c1)C1CC1. The van der Waals surface area contributed by atoms with Crippen LogP contribution in [0.15, 0.2) is 48.5 Å². The lowest BCUT2D eigenvalue weighted by atomic mass is 10.0. The van der Waals surface area contributed by atoms with Crippen LogP contribution in [-0.2, 0) is 11.3 Å². The van der Waals surface area contributed by atoms with Crippen LogP contribution in [0.1, 0.15) is 55.7 Å². The Morgan fingerprint density at radius 3 is 2.47 bits per heavy atom. The van der Waals surface area contributed by atoms with Gasteiger partial charge in [0.1, 0.15) is 11.6 Å². The van der Waals surface area contributed by atoms with Crippen LogP contribution in [0.2, 0.25) is 0 Å². The number of halogens is 1. The number of anilines is 1. The highest BCUT2D eigenvalue weighted by Gasteiger charge is 2.30. The monoisotopic (exact) mass is 462 g/mol. The molecule has 7 nitrogen and oxygen atoms in total. The zero-order chi connectivity index (χ0) is 23.7. The Bertz CT molecular complexity index is 1210. The van der Waals surface area contributed by atoms with Crippen molar-refractivity contribution in [2.45, 2.75) is 51.0 Å². The molecular weight excluding hydrogens is 435 g/mol. The summed E-state index contributed by atoms with van der Waals surface area (Å²) < 4.78 is 14.5. The van der Waals surface area contributed by atoms with Gasteiger partial charge in [-0.3, -0.25) is 4.79 Å². The van der Waals surface area contributed by atoms with Gasteiger partial charge in [-0.1, -0.05) is 25.0 Å². The highest BCUT2D eigenvalue weighted by Crippen LogP contribution is 2.38. The average Bonchev–Trinajstić information content (AvgIpc) is 3.37. The zero-order valence-electron chi connectivity index (χ0n) is 18.8. The quantitative estimate of drug-likeness (QED) is 0.441. The molecule has 2 fully saturated rings. The van der Waals surface area contributed by atoms with Crippen molar-refractivity contribution in [3.63, 3.8) is 0 Å². The normalized spacial score (nSPS) is 15.9. The van der Waals surface area contributed by atoms with Crippen molar-refractivity contribution in [2.24, 2.45) is 5.92 Å². The Labute approximate surface area is 197 Å². The van der Waals surface area contributed by atoms with Gasteiger partial charge in [-0.05, 0) is 67.6 Å². The zero-order valence-corrected chi connectivity index (χ0v) is 18.8. The van der Waals surface area contributed by atoms with Crippen molar-refractivity contribution in [1.82, 2.24) is 15.1 Å². The maximum atomic E-state index is 13.2. The maximum absolute atomic E-state index is 13.2. The highest BCUT2D eigenvalue weighted by molar-refractivity contribution is 5.95. The van der Waals surface area contributed by atoms with E-state index in [-0.39, 0.29) is 41.9 Å². The molecule has 0 atom stereocenters. The number of aromatic hydroxyl groups is 1.